The summed E-state index contributed by atoms with van der Waals surface area (Å²) in [7, 11) is -3.56. The van der Waals surface area contributed by atoms with E-state index in [4.69, 9.17) is 5.73 Å². The molecule has 0 bridgehead atoms. The smallest absolute Gasteiger partial charge is 0.243 e. The lowest BCUT2D eigenvalue weighted by atomic mass is 10.2. The molecule has 0 aliphatic carbocycles. The first-order chi connectivity index (χ1) is 9.80. The fourth-order valence-corrected chi connectivity index (χ4v) is 4.70. The van der Waals surface area contributed by atoms with Gasteiger partial charge in [-0.2, -0.15) is 4.31 Å². The van der Waals surface area contributed by atoms with Crippen molar-refractivity contribution in [1.82, 2.24) is 4.31 Å². The number of nitrogen functional groups attached to an aromatic ring is 1. The van der Waals surface area contributed by atoms with Crippen molar-refractivity contribution < 1.29 is 8.42 Å². The van der Waals surface area contributed by atoms with Crippen molar-refractivity contribution in [1.29, 1.82) is 0 Å². The minimum Gasteiger partial charge on any atom is -0.399 e. The van der Waals surface area contributed by atoms with Crippen LogP contribution in [0.3, 0.4) is 0 Å². The largest absolute Gasteiger partial charge is 0.399 e. The molecule has 1 aromatic heterocycles. The maximum atomic E-state index is 12.9. The van der Waals surface area contributed by atoms with Gasteiger partial charge in [-0.25, -0.2) is 8.42 Å². The van der Waals surface area contributed by atoms with E-state index in [0.29, 0.717) is 12.2 Å². The lowest BCUT2D eigenvalue weighted by Crippen LogP contribution is -2.36. The van der Waals surface area contributed by atoms with Crippen molar-refractivity contribution in [2.45, 2.75) is 38.3 Å². The van der Waals surface area contributed by atoms with E-state index < -0.39 is 10.0 Å². The first-order valence-corrected chi connectivity index (χ1v) is 9.04. The lowest BCUT2D eigenvalue weighted by molar-refractivity contribution is 0.350. The number of nitrogens with zero attached hydrogens (tertiary/aromatic N) is 1. The van der Waals surface area contributed by atoms with E-state index in [1.807, 2.05) is 38.3 Å². The number of aryl methyl sites for hydroxylation is 1. The van der Waals surface area contributed by atoms with Gasteiger partial charge in [-0.15, -0.1) is 11.3 Å². The third kappa shape index (κ3) is 3.64. The molecule has 2 aromatic rings. The van der Waals surface area contributed by atoms with Crippen molar-refractivity contribution >= 4 is 27.0 Å². The minimum absolute atomic E-state index is 0.126. The van der Waals surface area contributed by atoms with E-state index in [2.05, 4.69) is 0 Å². The highest BCUT2D eigenvalue weighted by Gasteiger charge is 2.27. The molecular weight excluding hydrogens is 304 g/mol. The van der Waals surface area contributed by atoms with E-state index in [0.717, 1.165) is 10.4 Å². The molecule has 0 spiro atoms. The number of sulfonamides is 1. The maximum absolute atomic E-state index is 12.9. The number of rotatable bonds is 5. The number of hydrogen-bond donors (Lipinski definition) is 1. The van der Waals surface area contributed by atoms with Crippen LogP contribution in [0.1, 0.15) is 24.3 Å². The quantitative estimate of drug-likeness (QED) is 0.859. The van der Waals surface area contributed by atoms with Crippen molar-refractivity contribution in [2.75, 3.05) is 5.73 Å². The van der Waals surface area contributed by atoms with E-state index in [1.165, 1.54) is 10.4 Å². The summed E-state index contributed by atoms with van der Waals surface area (Å²) in [5, 5.41) is 1.95. The van der Waals surface area contributed by atoms with Gasteiger partial charge in [0.15, 0.2) is 0 Å². The SMILES string of the molecule is Cc1cc(N)cc(S(=O)(=O)N(Cc2cccs2)C(C)C)c1. The molecule has 0 saturated carbocycles. The normalized spacial score (nSPS) is 12.2. The van der Waals surface area contributed by atoms with Crippen LogP contribution in [0, 0.1) is 6.92 Å². The van der Waals surface area contributed by atoms with E-state index >= 15 is 0 Å². The van der Waals surface area contributed by atoms with Crippen molar-refractivity contribution in [3.63, 3.8) is 0 Å². The highest BCUT2D eigenvalue weighted by Crippen LogP contribution is 2.25. The van der Waals surface area contributed by atoms with Crippen LogP contribution in [0.15, 0.2) is 40.6 Å². The lowest BCUT2D eigenvalue weighted by Gasteiger charge is -2.25. The van der Waals surface area contributed by atoms with E-state index in [-0.39, 0.29) is 10.9 Å². The summed E-state index contributed by atoms with van der Waals surface area (Å²) in [6, 6.07) is 8.69. The second-order valence-corrected chi connectivity index (χ2v) is 8.23. The third-order valence-corrected chi connectivity index (χ3v) is 6.01. The van der Waals surface area contributed by atoms with Gasteiger partial charge in [-0.05, 0) is 56.0 Å². The summed E-state index contributed by atoms with van der Waals surface area (Å²) in [5.41, 5.74) is 7.09. The molecule has 0 saturated heterocycles. The summed E-state index contributed by atoms with van der Waals surface area (Å²) in [6.07, 6.45) is 0. The Hall–Kier alpha value is -1.37. The highest BCUT2D eigenvalue weighted by atomic mass is 32.2. The average molecular weight is 324 g/mol. The van der Waals surface area contributed by atoms with Gasteiger partial charge >= 0.3 is 0 Å². The van der Waals surface area contributed by atoms with Crippen LogP contribution in [0.25, 0.3) is 0 Å². The molecular formula is C15H20N2O2S2. The fourth-order valence-electron chi connectivity index (χ4n) is 2.16. The second kappa shape index (κ2) is 6.17. The Kier molecular flexibility index (Phi) is 4.70. The Morgan fingerprint density at radius 1 is 1.29 bits per heavy atom. The number of thiophene rings is 1. The van der Waals surface area contributed by atoms with Gasteiger partial charge in [0.05, 0.1) is 4.90 Å². The Balaban J connectivity index is 2.42. The predicted molar refractivity (Wildman–Crippen MR) is 87.8 cm³/mol. The molecule has 4 nitrogen and oxygen atoms in total. The first-order valence-electron chi connectivity index (χ1n) is 6.72. The minimum atomic E-state index is -3.56. The number of anilines is 1. The molecule has 0 fully saturated rings. The molecule has 0 aliphatic rings. The van der Waals surface area contributed by atoms with Crippen LogP contribution in [0.2, 0.25) is 0 Å². The van der Waals surface area contributed by atoms with Crippen LogP contribution in [-0.4, -0.2) is 18.8 Å². The summed E-state index contributed by atoms with van der Waals surface area (Å²) >= 11 is 1.56. The summed E-state index contributed by atoms with van der Waals surface area (Å²) < 4.78 is 27.3. The van der Waals surface area contributed by atoms with Crippen LogP contribution < -0.4 is 5.73 Å². The maximum Gasteiger partial charge on any atom is 0.243 e. The third-order valence-electron chi connectivity index (χ3n) is 3.15. The zero-order valence-corrected chi connectivity index (χ0v) is 14.0. The molecule has 0 radical (unpaired) electrons. The molecule has 0 atom stereocenters. The first kappa shape index (κ1) is 16.0. The monoisotopic (exact) mass is 324 g/mol. The van der Waals surface area contributed by atoms with Gasteiger partial charge in [0, 0.05) is 23.2 Å². The van der Waals surface area contributed by atoms with Crippen LogP contribution in [-0.2, 0) is 16.6 Å². The van der Waals surface area contributed by atoms with Gasteiger partial charge in [-0.3, -0.25) is 0 Å². The van der Waals surface area contributed by atoms with E-state index in [9.17, 15) is 8.42 Å². The van der Waals surface area contributed by atoms with Gasteiger partial charge < -0.3 is 5.73 Å². The van der Waals surface area contributed by atoms with Crippen LogP contribution in [0.5, 0.6) is 0 Å². The fraction of sp³-hybridized carbons (Fsp3) is 0.333. The zero-order chi connectivity index (χ0) is 15.6. The molecule has 114 valence electrons. The summed E-state index contributed by atoms with van der Waals surface area (Å²) in [4.78, 5) is 1.28. The molecule has 1 heterocycles. The standard InChI is InChI=1S/C15H20N2O2S2/c1-11(2)17(10-14-5-4-6-20-14)21(18,19)15-8-12(3)7-13(16)9-15/h4-9,11H,10,16H2,1-3H3. The predicted octanol–water partition coefficient (Wildman–Crippen LogP) is 3.24. The van der Waals surface area contributed by atoms with Gasteiger partial charge in [0.2, 0.25) is 10.0 Å². The summed E-state index contributed by atoms with van der Waals surface area (Å²) in [6.45, 7) is 5.98. The van der Waals surface area contributed by atoms with Gasteiger partial charge in [-0.1, -0.05) is 6.07 Å². The Bertz CT molecular complexity index is 687. The van der Waals surface area contributed by atoms with Gasteiger partial charge in [0.25, 0.3) is 0 Å². The summed E-state index contributed by atoms with van der Waals surface area (Å²) in [5.74, 6) is 0. The molecule has 0 amide bonds. The molecule has 2 rings (SSSR count). The second-order valence-electron chi connectivity index (χ2n) is 5.30. The van der Waals surface area contributed by atoms with Crippen LogP contribution >= 0.6 is 11.3 Å². The van der Waals surface area contributed by atoms with Crippen molar-refractivity contribution in [3.8, 4) is 0 Å². The zero-order valence-electron chi connectivity index (χ0n) is 12.4. The van der Waals surface area contributed by atoms with Crippen molar-refractivity contribution in [3.05, 3.63) is 46.2 Å². The number of nitrogens with two attached hydrogens (primary N) is 1. The van der Waals surface area contributed by atoms with Crippen molar-refractivity contribution in [2.24, 2.45) is 0 Å². The number of benzene rings is 1. The molecule has 2 N–H and O–H groups in total. The molecule has 0 unspecified atom stereocenters. The Labute approximate surface area is 130 Å². The molecule has 21 heavy (non-hydrogen) atoms. The molecule has 6 heteroatoms. The van der Waals surface area contributed by atoms with Crippen LogP contribution in [0.4, 0.5) is 5.69 Å². The Morgan fingerprint density at radius 3 is 2.52 bits per heavy atom. The highest BCUT2D eigenvalue weighted by molar-refractivity contribution is 7.89. The Morgan fingerprint density at radius 2 is 2.00 bits per heavy atom. The average Bonchev–Trinajstić information content (AvgIpc) is 2.87. The van der Waals surface area contributed by atoms with Gasteiger partial charge in [0.1, 0.15) is 0 Å². The molecule has 1 aromatic carbocycles. The van der Waals surface area contributed by atoms with E-state index in [1.54, 1.807) is 23.5 Å². The topological polar surface area (TPSA) is 63.4 Å². The number of hydrogen-bond acceptors (Lipinski definition) is 4. The molecule has 0 aliphatic heterocycles.